The smallest absolute Gasteiger partial charge is 0.0597 e. The third-order valence-corrected chi connectivity index (χ3v) is 9.39. The Balaban J connectivity index is 1.43. The topological polar surface area (TPSA) is 20.2 Å². The molecule has 8 aliphatic carbocycles. The molecule has 0 spiro atoms. The molecule has 0 amide bonds. The van der Waals surface area contributed by atoms with E-state index in [4.69, 9.17) is 0 Å². The van der Waals surface area contributed by atoms with E-state index >= 15 is 0 Å². The summed E-state index contributed by atoms with van der Waals surface area (Å²) in [5.74, 6) is 5.63. The largest absolute Gasteiger partial charge is 0.393 e. The van der Waals surface area contributed by atoms with Crippen LogP contribution in [0.25, 0.3) is 0 Å². The zero-order valence-electron chi connectivity index (χ0n) is 13.3. The summed E-state index contributed by atoms with van der Waals surface area (Å²) in [5.41, 5.74) is 1.41. The molecule has 8 aliphatic rings. The van der Waals surface area contributed by atoms with Crippen LogP contribution >= 0.6 is 0 Å². The van der Waals surface area contributed by atoms with Crippen molar-refractivity contribution in [1.29, 1.82) is 0 Å². The maximum Gasteiger partial charge on any atom is 0.0597 e. The highest BCUT2D eigenvalue weighted by molar-refractivity contribution is 5.16. The van der Waals surface area contributed by atoms with Crippen LogP contribution < -0.4 is 0 Å². The summed E-state index contributed by atoms with van der Waals surface area (Å²) >= 11 is 0. The first-order valence-electron chi connectivity index (χ1n) is 9.83. The first kappa shape index (κ1) is 12.4. The minimum Gasteiger partial charge on any atom is -0.393 e. The Morgan fingerprint density at radius 2 is 0.905 bits per heavy atom. The Kier molecular flexibility index (Phi) is 2.19. The third-order valence-electron chi connectivity index (χ3n) is 9.39. The van der Waals surface area contributed by atoms with Gasteiger partial charge < -0.3 is 5.11 Å². The van der Waals surface area contributed by atoms with Crippen molar-refractivity contribution < 1.29 is 5.11 Å². The molecule has 0 aromatic carbocycles. The molecule has 1 heteroatoms. The fraction of sp³-hybridized carbons (Fsp3) is 1.00. The lowest BCUT2D eigenvalue weighted by Crippen LogP contribution is -2.63. The van der Waals surface area contributed by atoms with Crippen molar-refractivity contribution in [3.8, 4) is 0 Å². The second kappa shape index (κ2) is 3.71. The number of hydrogen-bond acceptors (Lipinski definition) is 1. The standard InChI is InChI=1S/C20H30O/c21-18-16-4-15-5-17(18)11-20(9-15,10-16)19-6-12-1-13(7-19)3-14(2-12)8-19/h12-18,21H,1-11H2. The zero-order chi connectivity index (χ0) is 13.8. The van der Waals surface area contributed by atoms with Crippen LogP contribution in [0.1, 0.15) is 70.6 Å². The number of rotatable bonds is 1. The van der Waals surface area contributed by atoms with E-state index in [0.717, 1.165) is 29.1 Å². The number of aliphatic hydroxyl groups is 1. The van der Waals surface area contributed by atoms with Crippen LogP contribution in [0.5, 0.6) is 0 Å². The molecule has 0 aromatic rings. The van der Waals surface area contributed by atoms with Gasteiger partial charge in [0.15, 0.2) is 0 Å². The maximum absolute atomic E-state index is 10.6. The molecule has 116 valence electrons. The van der Waals surface area contributed by atoms with Crippen molar-refractivity contribution in [2.75, 3.05) is 0 Å². The predicted octanol–water partition coefficient (Wildman–Crippen LogP) is 4.39. The maximum atomic E-state index is 10.6. The van der Waals surface area contributed by atoms with Crippen molar-refractivity contribution in [2.24, 2.45) is 46.3 Å². The lowest BCUT2D eigenvalue weighted by molar-refractivity contribution is -0.224. The van der Waals surface area contributed by atoms with Crippen molar-refractivity contribution >= 4 is 0 Å². The van der Waals surface area contributed by atoms with E-state index in [0.29, 0.717) is 17.3 Å². The van der Waals surface area contributed by atoms with E-state index in [9.17, 15) is 5.11 Å². The van der Waals surface area contributed by atoms with Gasteiger partial charge in [0, 0.05) is 0 Å². The molecular formula is C20H30O. The fourth-order valence-corrected chi connectivity index (χ4v) is 9.41. The van der Waals surface area contributed by atoms with Crippen LogP contribution in [0, 0.1) is 46.3 Å². The number of hydrogen-bond donors (Lipinski definition) is 1. The average Bonchev–Trinajstić information content (AvgIpc) is 2.42. The number of aliphatic hydroxyl groups excluding tert-OH is 1. The lowest BCUT2D eigenvalue weighted by atomic mass is 9.35. The molecule has 21 heavy (non-hydrogen) atoms. The SMILES string of the molecule is OC1C2CC3CC1CC(C14CC5CC(CC(C5)C1)C4)(C3)C2. The molecular weight excluding hydrogens is 256 g/mol. The molecule has 8 saturated carbocycles. The lowest BCUT2D eigenvalue weighted by Gasteiger charge is -2.70. The van der Waals surface area contributed by atoms with Crippen LogP contribution in [0.4, 0.5) is 0 Å². The summed E-state index contributed by atoms with van der Waals surface area (Å²) in [4.78, 5) is 0. The molecule has 2 atom stereocenters. The van der Waals surface area contributed by atoms with Gasteiger partial charge in [-0.15, -0.1) is 0 Å². The van der Waals surface area contributed by atoms with Crippen LogP contribution in [0.15, 0.2) is 0 Å². The molecule has 0 heterocycles. The van der Waals surface area contributed by atoms with E-state index in [1.165, 1.54) is 25.7 Å². The molecule has 8 bridgehead atoms. The predicted molar refractivity (Wildman–Crippen MR) is 82.6 cm³/mol. The van der Waals surface area contributed by atoms with Gasteiger partial charge in [-0.2, -0.15) is 0 Å². The van der Waals surface area contributed by atoms with Gasteiger partial charge in [-0.3, -0.25) is 0 Å². The van der Waals surface area contributed by atoms with Gasteiger partial charge in [-0.25, -0.2) is 0 Å². The van der Waals surface area contributed by atoms with Gasteiger partial charge in [0.2, 0.25) is 0 Å². The summed E-state index contributed by atoms with van der Waals surface area (Å²) in [6.07, 6.45) is 16.7. The minimum atomic E-state index is 0.0728. The van der Waals surface area contributed by atoms with Crippen molar-refractivity contribution in [3.05, 3.63) is 0 Å². The average molecular weight is 286 g/mol. The summed E-state index contributed by atoms with van der Waals surface area (Å²) in [5, 5.41) is 10.6. The summed E-state index contributed by atoms with van der Waals surface area (Å²) in [6, 6.07) is 0. The van der Waals surface area contributed by atoms with Crippen LogP contribution in [-0.2, 0) is 0 Å². The van der Waals surface area contributed by atoms with Gasteiger partial charge >= 0.3 is 0 Å². The molecule has 8 fully saturated rings. The molecule has 0 saturated heterocycles. The second-order valence-electron chi connectivity index (χ2n) is 10.4. The summed E-state index contributed by atoms with van der Waals surface area (Å²) < 4.78 is 0. The van der Waals surface area contributed by atoms with E-state index in [-0.39, 0.29) is 6.10 Å². The quantitative estimate of drug-likeness (QED) is 0.758. The normalized spacial score (nSPS) is 67.0. The summed E-state index contributed by atoms with van der Waals surface area (Å²) in [7, 11) is 0. The van der Waals surface area contributed by atoms with Crippen LogP contribution in [0.3, 0.4) is 0 Å². The van der Waals surface area contributed by atoms with Crippen molar-refractivity contribution in [1.82, 2.24) is 0 Å². The third kappa shape index (κ3) is 1.44. The van der Waals surface area contributed by atoms with Gasteiger partial charge in [0.25, 0.3) is 0 Å². The Hall–Kier alpha value is -0.0400. The molecule has 1 nitrogen and oxygen atoms in total. The first-order chi connectivity index (χ1) is 10.1. The molecule has 0 radical (unpaired) electrons. The first-order valence-corrected chi connectivity index (χ1v) is 9.83. The summed E-state index contributed by atoms with van der Waals surface area (Å²) in [6.45, 7) is 0. The van der Waals surface area contributed by atoms with Gasteiger partial charge in [0.1, 0.15) is 0 Å². The van der Waals surface area contributed by atoms with E-state index in [2.05, 4.69) is 0 Å². The Morgan fingerprint density at radius 1 is 0.524 bits per heavy atom. The fourth-order valence-electron chi connectivity index (χ4n) is 9.41. The van der Waals surface area contributed by atoms with E-state index < -0.39 is 0 Å². The zero-order valence-corrected chi connectivity index (χ0v) is 13.3. The molecule has 8 rings (SSSR count). The van der Waals surface area contributed by atoms with Crippen molar-refractivity contribution in [3.63, 3.8) is 0 Å². The van der Waals surface area contributed by atoms with Gasteiger partial charge in [-0.1, -0.05) is 0 Å². The van der Waals surface area contributed by atoms with E-state index in [1.54, 1.807) is 44.9 Å². The minimum absolute atomic E-state index is 0.0728. The molecule has 0 aromatic heterocycles. The molecule has 2 unspecified atom stereocenters. The van der Waals surface area contributed by atoms with Gasteiger partial charge in [-0.05, 0) is 117 Å². The molecule has 0 aliphatic heterocycles. The van der Waals surface area contributed by atoms with Crippen LogP contribution in [0.2, 0.25) is 0 Å². The van der Waals surface area contributed by atoms with Gasteiger partial charge in [0.05, 0.1) is 6.10 Å². The second-order valence-corrected chi connectivity index (χ2v) is 10.4. The highest BCUT2D eigenvalue weighted by Gasteiger charge is 2.66. The van der Waals surface area contributed by atoms with E-state index in [1.807, 2.05) is 0 Å². The monoisotopic (exact) mass is 286 g/mol. The molecule has 1 N–H and O–H groups in total. The Labute approximate surface area is 128 Å². The highest BCUT2D eigenvalue weighted by Crippen LogP contribution is 2.74. The Bertz CT molecular complexity index is 429. The van der Waals surface area contributed by atoms with Crippen LogP contribution in [-0.4, -0.2) is 11.2 Å². The highest BCUT2D eigenvalue weighted by atomic mass is 16.3. The van der Waals surface area contributed by atoms with Crippen molar-refractivity contribution in [2.45, 2.75) is 76.7 Å². The Morgan fingerprint density at radius 3 is 1.38 bits per heavy atom.